The molecule has 0 atom stereocenters. The fourth-order valence-electron chi connectivity index (χ4n) is 2.62. The standard InChI is InChI=1S/C20H31N3/c1-14(2)19(18(12-21)22-7)15(3)23-13-16-8-10-17(11-9-16)20(4,5)6/h8-11,14H,7,12-13,21H2,1-6H3/b19-18-,23-15-. The molecule has 0 unspecified atom stereocenters. The summed E-state index contributed by atoms with van der Waals surface area (Å²) in [5.41, 5.74) is 11.4. The summed E-state index contributed by atoms with van der Waals surface area (Å²) in [7, 11) is 0. The Labute approximate surface area is 141 Å². The highest BCUT2D eigenvalue weighted by Crippen LogP contribution is 2.23. The maximum Gasteiger partial charge on any atom is 0.0643 e. The molecular weight excluding hydrogens is 282 g/mol. The summed E-state index contributed by atoms with van der Waals surface area (Å²) < 4.78 is 0. The van der Waals surface area contributed by atoms with Crippen molar-refractivity contribution in [3.63, 3.8) is 0 Å². The third-order valence-corrected chi connectivity index (χ3v) is 3.98. The minimum atomic E-state index is 0.178. The van der Waals surface area contributed by atoms with Crippen LogP contribution < -0.4 is 5.73 Å². The predicted octanol–water partition coefficient (Wildman–Crippen LogP) is 4.51. The van der Waals surface area contributed by atoms with Crippen molar-refractivity contribution in [2.24, 2.45) is 21.6 Å². The molecule has 1 rings (SSSR count). The first-order valence-corrected chi connectivity index (χ1v) is 8.21. The number of rotatable bonds is 6. The van der Waals surface area contributed by atoms with Crippen LogP contribution in [0.2, 0.25) is 0 Å². The minimum Gasteiger partial charge on any atom is -0.325 e. The van der Waals surface area contributed by atoms with Gasteiger partial charge in [-0.05, 0) is 41.7 Å². The molecule has 0 spiro atoms. The van der Waals surface area contributed by atoms with E-state index < -0.39 is 0 Å². The van der Waals surface area contributed by atoms with E-state index >= 15 is 0 Å². The Morgan fingerprint density at radius 2 is 1.74 bits per heavy atom. The van der Waals surface area contributed by atoms with E-state index in [0.717, 1.165) is 17.0 Å². The first-order valence-electron chi connectivity index (χ1n) is 8.21. The Morgan fingerprint density at radius 1 is 1.17 bits per heavy atom. The van der Waals surface area contributed by atoms with Crippen molar-refractivity contribution in [2.45, 2.75) is 53.5 Å². The molecular formula is C20H31N3. The molecule has 23 heavy (non-hydrogen) atoms. The third-order valence-electron chi connectivity index (χ3n) is 3.98. The number of hydrogen-bond donors (Lipinski definition) is 1. The van der Waals surface area contributed by atoms with Crippen LogP contribution in [0.3, 0.4) is 0 Å². The summed E-state index contributed by atoms with van der Waals surface area (Å²) in [6.07, 6.45) is 0. The lowest BCUT2D eigenvalue weighted by molar-refractivity contribution is 0.590. The van der Waals surface area contributed by atoms with Gasteiger partial charge in [0.2, 0.25) is 0 Å². The van der Waals surface area contributed by atoms with Crippen LogP contribution in [-0.2, 0) is 12.0 Å². The average Bonchev–Trinajstić information content (AvgIpc) is 2.49. The average molecular weight is 313 g/mol. The summed E-state index contributed by atoms with van der Waals surface area (Å²) >= 11 is 0. The highest BCUT2D eigenvalue weighted by Gasteiger charge is 2.14. The van der Waals surface area contributed by atoms with Crippen LogP contribution in [0.15, 0.2) is 45.5 Å². The van der Waals surface area contributed by atoms with Gasteiger partial charge < -0.3 is 5.73 Å². The number of benzene rings is 1. The van der Waals surface area contributed by atoms with Gasteiger partial charge in [0.1, 0.15) is 0 Å². The van der Waals surface area contributed by atoms with Gasteiger partial charge in [0.25, 0.3) is 0 Å². The fraction of sp³-hybridized carbons (Fsp3) is 0.500. The zero-order valence-electron chi connectivity index (χ0n) is 15.5. The molecule has 3 nitrogen and oxygen atoms in total. The van der Waals surface area contributed by atoms with E-state index in [-0.39, 0.29) is 5.41 Å². The van der Waals surface area contributed by atoms with Gasteiger partial charge in [0.15, 0.2) is 0 Å². The van der Waals surface area contributed by atoms with Crippen molar-refractivity contribution in [2.75, 3.05) is 6.54 Å². The Kier molecular flexibility index (Phi) is 6.89. The van der Waals surface area contributed by atoms with Crippen LogP contribution in [0.25, 0.3) is 0 Å². The Bertz CT molecular complexity index is 584. The van der Waals surface area contributed by atoms with E-state index in [1.54, 1.807) is 0 Å². The van der Waals surface area contributed by atoms with Crippen molar-refractivity contribution >= 4 is 12.4 Å². The number of nitrogens with two attached hydrogens (primary N) is 1. The Hall–Kier alpha value is -1.74. The number of nitrogens with zero attached hydrogens (tertiary/aromatic N) is 2. The molecule has 0 aliphatic carbocycles. The van der Waals surface area contributed by atoms with Crippen molar-refractivity contribution in [1.29, 1.82) is 0 Å². The number of allylic oxidation sites excluding steroid dienone is 1. The quantitative estimate of drug-likeness (QED) is 0.772. The van der Waals surface area contributed by atoms with Gasteiger partial charge in [-0.25, -0.2) is 0 Å². The smallest absolute Gasteiger partial charge is 0.0643 e. The third kappa shape index (κ3) is 5.43. The van der Waals surface area contributed by atoms with Crippen molar-refractivity contribution in [3.8, 4) is 0 Å². The summed E-state index contributed by atoms with van der Waals surface area (Å²) in [5.74, 6) is 0.325. The highest BCUT2D eigenvalue weighted by molar-refractivity contribution is 5.99. The van der Waals surface area contributed by atoms with Gasteiger partial charge in [-0.2, -0.15) is 0 Å². The molecule has 0 aromatic heterocycles. The lowest BCUT2D eigenvalue weighted by atomic mass is 9.87. The molecule has 126 valence electrons. The van der Waals surface area contributed by atoms with Gasteiger partial charge in [-0.1, -0.05) is 58.9 Å². The molecule has 0 saturated heterocycles. The predicted molar refractivity (Wildman–Crippen MR) is 102 cm³/mol. The highest BCUT2D eigenvalue weighted by atomic mass is 14.8. The largest absolute Gasteiger partial charge is 0.325 e. The second-order valence-corrected chi connectivity index (χ2v) is 7.23. The molecule has 0 amide bonds. The van der Waals surface area contributed by atoms with E-state index in [4.69, 9.17) is 10.7 Å². The van der Waals surface area contributed by atoms with E-state index in [2.05, 4.69) is 70.6 Å². The summed E-state index contributed by atoms with van der Waals surface area (Å²) in [5, 5.41) is 0. The number of aliphatic imine (C=N–C) groups is 2. The van der Waals surface area contributed by atoms with Crippen molar-refractivity contribution < 1.29 is 0 Å². The molecule has 0 radical (unpaired) electrons. The molecule has 0 aliphatic rings. The van der Waals surface area contributed by atoms with Crippen LogP contribution in [0, 0.1) is 5.92 Å². The second-order valence-electron chi connectivity index (χ2n) is 7.23. The molecule has 0 heterocycles. The lowest BCUT2D eigenvalue weighted by Crippen LogP contribution is -2.14. The zero-order valence-corrected chi connectivity index (χ0v) is 15.5. The van der Waals surface area contributed by atoms with Crippen molar-refractivity contribution in [3.05, 3.63) is 46.7 Å². The van der Waals surface area contributed by atoms with E-state index in [1.165, 1.54) is 11.1 Å². The zero-order chi connectivity index (χ0) is 17.6. The SMILES string of the molecule is C=N/C(CN)=C(\C(C)=N/Cc1ccc(C(C)(C)C)cc1)C(C)C. The summed E-state index contributed by atoms with van der Waals surface area (Å²) in [6, 6.07) is 8.70. The monoisotopic (exact) mass is 313 g/mol. The van der Waals surface area contributed by atoms with Gasteiger partial charge in [-0.15, -0.1) is 0 Å². The second kappa shape index (κ2) is 8.21. The summed E-state index contributed by atoms with van der Waals surface area (Å²) in [4.78, 5) is 8.81. The maximum absolute atomic E-state index is 5.78. The van der Waals surface area contributed by atoms with Crippen LogP contribution in [-0.4, -0.2) is 19.0 Å². The van der Waals surface area contributed by atoms with E-state index in [9.17, 15) is 0 Å². The van der Waals surface area contributed by atoms with E-state index in [0.29, 0.717) is 19.0 Å². The molecule has 1 aromatic carbocycles. The normalized spacial score (nSPS) is 14.0. The molecule has 0 fully saturated rings. The first-order chi connectivity index (χ1) is 10.7. The molecule has 0 bridgehead atoms. The van der Waals surface area contributed by atoms with Crippen LogP contribution in [0.4, 0.5) is 0 Å². The maximum atomic E-state index is 5.78. The summed E-state index contributed by atoms with van der Waals surface area (Å²) in [6.45, 7) is 17.6. The topological polar surface area (TPSA) is 50.7 Å². The molecule has 3 heteroatoms. The van der Waals surface area contributed by atoms with Crippen LogP contribution in [0.5, 0.6) is 0 Å². The van der Waals surface area contributed by atoms with Crippen LogP contribution >= 0.6 is 0 Å². The van der Waals surface area contributed by atoms with Gasteiger partial charge in [0, 0.05) is 12.3 Å². The lowest BCUT2D eigenvalue weighted by Gasteiger charge is -2.19. The molecule has 0 aliphatic heterocycles. The fourth-order valence-corrected chi connectivity index (χ4v) is 2.62. The molecule has 1 aromatic rings. The Balaban J connectivity index is 2.99. The van der Waals surface area contributed by atoms with Crippen LogP contribution in [0.1, 0.15) is 52.7 Å². The Morgan fingerprint density at radius 3 is 2.13 bits per heavy atom. The van der Waals surface area contributed by atoms with Gasteiger partial charge in [-0.3, -0.25) is 9.98 Å². The van der Waals surface area contributed by atoms with Crippen molar-refractivity contribution in [1.82, 2.24) is 0 Å². The molecule has 2 N–H and O–H groups in total. The molecule has 0 saturated carbocycles. The van der Waals surface area contributed by atoms with E-state index in [1.807, 2.05) is 6.92 Å². The van der Waals surface area contributed by atoms with Gasteiger partial charge >= 0.3 is 0 Å². The number of hydrogen-bond acceptors (Lipinski definition) is 3. The first kappa shape index (κ1) is 19.3. The van der Waals surface area contributed by atoms with Gasteiger partial charge in [0.05, 0.1) is 12.2 Å². The minimum absolute atomic E-state index is 0.178.